The summed E-state index contributed by atoms with van der Waals surface area (Å²) in [5.41, 5.74) is 0.576. The Morgan fingerprint density at radius 3 is 2.67 bits per heavy atom. The molecule has 128 valence electrons. The van der Waals surface area contributed by atoms with Crippen LogP contribution in [-0.2, 0) is 9.53 Å². The van der Waals surface area contributed by atoms with Gasteiger partial charge in [-0.3, -0.25) is 9.69 Å². The van der Waals surface area contributed by atoms with Gasteiger partial charge in [0.1, 0.15) is 0 Å². The Kier molecular flexibility index (Phi) is 5.81. The number of ketones is 1. The molecule has 2 fully saturated rings. The van der Waals surface area contributed by atoms with Gasteiger partial charge in [0.2, 0.25) is 0 Å². The first-order valence-corrected chi connectivity index (χ1v) is 8.92. The van der Waals surface area contributed by atoms with E-state index in [0.29, 0.717) is 24.1 Å². The monoisotopic (exact) mass is 327 g/mol. The van der Waals surface area contributed by atoms with E-state index in [-0.39, 0.29) is 5.78 Å². The fourth-order valence-corrected chi connectivity index (χ4v) is 3.85. The molecule has 2 heterocycles. The molecule has 0 amide bonds. The molecule has 0 spiro atoms. The van der Waals surface area contributed by atoms with E-state index in [2.05, 4.69) is 4.90 Å². The number of carbonyl (C=O) groups is 2. The summed E-state index contributed by atoms with van der Waals surface area (Å²) in [4.78, 5) is 26.4. The van der Waals surface area contributed by atoms with Gasteiger partial charge in [-0.25, -0.2) is 4.79 Å². The molecular formula is C20H25NO3. The van der Waals surface area contributed by atoms with E-state index in [1.807, 2.05) is 6.07 Å². The highest BCUT2D eigenvalue weighted by Gasteiger charge is 2.33. The largest absolute Gasteiger partial charge is 0.462 e. The van der Waals surface area contributed by atoms with Crippen molar-refractivity contribution in [3.63, 3.8) is 0 Å². The van der Waals surface area contributed by atoms with Crippen LogP contribution in [-0.4, -0.2) is 42.4 Å². The van der Waals surface area contributed by atoms with Crippen LogP contribution in [0.4, 0.5) is 0 Å². The zero-order valence-electron chi connectivity index (χ0n) is 14.0. The number of benzene rings is 1. The lowest BCUT2D eigenvalue weighted by Crippen LogP contribution is -2.49. The third-order valence-electron chi connectivity index (χ3n) is 5.10. The predicted molar refractivity (Wildman–Crippen MR) is 92.8 cm³/mol. The average molecular weight is 327 g/mol. The molecule has 0 aromatic heterocycles. The third kappa shape index (κ3) is 4.32. The Morgan fingerprint density at radius 1 is 1.04 bits per heavy atom. The molecule has 0 aliphatic carbocycles. The second kappa shape index (κ2) is 8.25. The zero-order chi connectivity index (χ0) is 16.8. The first-order chi connectivity index (χ1) is 11.7. The maximum atomic E-state index is 11.9. The van der Waals surface area contributed by atoms with Crippen LogP contribution in [0.2, 0.25) is 0 Å². The molecular weight excluding hydrogens is 302 g/mol. The van der Waals surface area contributed by atoms with Gasteiger partial charge >= 0.3 is 5.97 Å². The van der Waals surface area contributed by atoms with Crippen molar-refractivity contribution in [1.82, 2.24) is 4.90 Å². The maximum absolute atomic E-state index is 11.9. The van der Waals surface area contributed by atoms with Crippen molar-refractivity contribution in [3.05, 3.63) is 48.0 Å². The lowest BCUT2D eigenvalue weighted by molar-refractivity contribution is -0.140. The summed E-state index contributed by atoms with van der Waals surface area (Å²) >= 11 is 0. The van der Waals surface area contributed by atoms with Gasteiger partial charge in [-0.15, -0.1) is 0 Å². The van der Waals surface area contributed by atoms with Crippen LogP contribution in [0.3, 0.4) is 0 Å². The van der Waals surface area contributed by atoms with E-state index in [1.165, 1.54) is 50.9 Å². The maximum Gasteiger partial charge on any atom is 0.330 e. The van der Waals surface area contributed by atoms with Crippen molar-refractivity contribution in [2.24, 2.45) is 5.92 Å². The Labute approximate surface area is 143 Å². The summed E-state index contributed by atoms with van der Waals surface area (Å²) in [5.74, 6) is -0.169. The van der Waals surface area contributed by atoms with E-state index in [9.17, 15) is 9.59 Å². The molecule has 1 aromatic rings. The number of fused-ring (bicyclic) bond motifs is 1. The highest BCUT2D eigenvalue weighted by molar-refractivity contribution is 6.06. The van der Waals surface area contributed by atoms with Gasteiger partial charge in [-0.1, -0.05) is 36.8 Å². The number of allylic oxidation sites excluding steroid dienone is 1. The average Bonchev–Trinajstić information content (AvgIpc) is 2.65. The quantitative estimate of drug-likeness (QED) is 0.473. The van der Waals surface area contributed by atoms with Crippen LogP contribution in [0.15, 0.2) is 42.5 Å². The fourth-order valence-electron chi connectivity index (χ4n) is 3.85. The number of rotatable bonds is 5. The molecule has 3 rings (SSSR count). The van der Waals surface area contributed by atoms with Gasteiger partial charge in [0, 0.05) is 23.6 Å². The highest BCUT2D eigenvalue weighted by atomic mass is 16.5. The summed E-state index contributed by atoms with van der Waals surface area (Å²) in [6, 6.07) is 9.50. The number of hydrogen-bond acceptors (Lipinski definition) is 4. The van der Waals surface area contributed by atoms with Gasteiger partial charge in [0.05, 0.1) is 6.61 Å². The Bertz CT molecular complexity index is 594. The minimum Gasteiger partial charge on any atom is -0.462 e. The summed E-state index contributed by atoms with van der Waals surface area (Å²) in [7, 11) is 0. The molecule has 0 saturated carbocycles. The van der Waals surface area contributed by atoms with E-state index in [1.54, 1.807) is 24.3 Å². The summed E-state index contributed by atoms with van der Waals surface area (Å²) < 4.78 is 5.41. The van der Waals surface area contributed by atoms with Crippen LogP contribution in [0.5, 0.6) is 0 Å². The number of esters is 1. The molecule has 1 aromatic carbocycles. The van der Waals surface area contributed by atoms with Crippen LogP contribution in [0.1, 0.15) is 42.5 Å². The first-order valence-electron chi connectivity index (χ1n) is 8.92. The summed E-state index contributed by atoms with van der Waals surface area (Å²) in [6.07, 6.45) is 8.62. The van der Waals surface area contributed by atoms with Crippen molar-refractivity contribution in [2.75, 3.05) is 19.7 Å². The van der Waals surface area contributed by atoms with Crippen molar-refractivity contribution in [2.45, 2.75) is 38.1 Å². The molecule has 2 aliphatic rings. The van der Waals surface area contributed by atoms with Crippen LogP contribution < -0.4 is 0 Å². The first kappa shape index (κ1) is 16.9. The number of ether oxygens (including phenoxy) is 1. The van der Waals surface area contributed by atoms with Crippen LogP contribution in [0.25, 0.3) is 0 Å². The minimum absolute atomic E-state index is 0.177. The topological polar surface area (TPSA) is 46.6 Å². The lowest BCUT2D eigenvalue weighted by Gasteiger charge is -2.44. The van der Waals surface area contributed by atoms with E-state index in [4.69, 9.17) is 4.74 Å². The van der Waals surface area contributed by atoms with Gasteiger partial charge in [0.25, 0.3) is 0 Å². The van der Waals surface area contributed by atoms with E-state index >= 15 is 0 Å². The molecule has 0 bridgehead atoms. The Hall–Kier alpha value is -1.94. The van der Waals surface area contributed by atoms with E-state index < -0.39 is 5.97 Å². The van der Waals surface area contributed by atoms with E-state index in [0.717, 1.165) is 6.42 Å². The van der Waals surface area contributed by atoms with Gasteiger partial charge < -0.3 is 4.74 Å². The Morgan fingerprint density at radius 2 is 1.83 bits per heavy atom. The smallest absolute Gasteiger partial charge is 0.330 e. The number of hydrogen-bond donors (Lipinski definition) is 0. The number of piperidine rings is 2. The molecule has 0 N–H and O–H groups in total. The van der Waals surface area contributed by atoms with Crippen LogP contribution in [0, 0.1) is 5.92 Å². The van der Waals surface area contributed by atoms with Crippen LogP contribution >= 0.6 is 0 Å². The fraction of sp³-hybridized carbons (Fsp3) is 0.500. The van der Waals surface area contributed by atoms with Crippen molar-refractivity contribution >= 4 is 11.8 Å². The number of carbonyl (C=O) groups excluding carboxylic acids is 2. The summed E-state index contributed by atoms with van der Waals surface area (Å²) in [5, 5.41) is 0. The van der Waals surface area contributed by atoms with Gasteiger partial charge in [-0.05, 0) is 44.8 Å². The molecule has 2 atom stereocenters. The normalized spacial score (nSPS) is 24.5. The molecule has 2 aliphatic heterocycles. The second-order valence-corrected chi connectivity index (χ2v) is 6.70. The zero-order valence-corrected chi connectivity index (χ0v) is 14.0. The van der Waals surface area contributed by atoms with Crippen molar-refractivity contribution in [3.8, 4) is 0 Å². The molecule has 0 radical (unpaired) electrons. The minimum atomic E-state index is -0.424. The highest BCUT2D eigenvalue weighted by Crippen LogP contribution is 2.30. The molecule has 2 unspecified atom stereocenters. The standard InChI is InChI=1S/C20H25NO3/c22-19(16-7-2-1-3-8-16)11-12-20(23)24-15-17-9-6-14-21-13-5-4-10-18(17)21/h1-3,7-8,11-12,17-18H,4-6,9-10,13-15H2/b12-11+. The molecule has 2 saturated heterocycles. The molecule has 4 heteroatoms. The lowest BCUT2D eigenvalue weighted by atomic mass is 9.84. The predicted octanol–water partition coefficient (Wildman–Crippen LogP) is 3.23. The van der Waals surface area contributed by atoms with Crippen molar-refractivity contribution < 1.29 is 14.3 Å². The third-order valence-corrected chi connectivity index (χ3v) is 5.10. The van der Waals surface area contributed by atoms with Gasteiger partial charge in [0.15, 0.2) is 5.78 Å². The number of nitrogens with zero attached hydrogens (tertiary/aromatic N) is 1. The second-order valence-electron chi connectivity index (χ2n) is 6.70. The Balaban J connectivity index is 1.48. The summed E-state index contributed by atoms with van der Waals surface area (Å²) in [6.45, 7) is 2.82. The molecule has 24 heavy (non-hydrogen) atoms. The van der Waals surface area contributed by atoms with Crippen molar-refractivity contribution in [1.29, 1.82) is 0 Å². The SMILES string of the molecule is O=C(/C=C/C(=O)c1ccccc1)OCC1CCCN2CCCCC12. The van der Waals surface area contributed by atoms with Gasteiger partial charge in [-0.2, -0.15) is 0 Å². The molecule has 4 nitrogen and oxygen atoms in total.